The molecule has 0 saturated carbocycles. The predicted octanol–water partition coefficient (Wildman–Crippen LogP) is 2.80. The molecule has 0 fully saturated rings. The second-order valence-electron chi connectivity index (χ2n) is 2.96. The van der Waals surface area contributed by atoms with Crippen LogP contribution in [0.15, 0.2) is 30.3 Å². The lowest BCUT2D eigenvalue weighted by atomic mass is 10.2. The number of benzene rings is 1. The fourth-order valence-corrected chi connectivity index (χ4v) is 1.08. The molecule has 12 heavy (non-hydrogen) atoms. The van der Waals surface area contributed by atoms with Crippen LogP contribution in [0.3, 0.4) is 0 Å². The number of nitrogens with zero attached hydrogens (tertiary/aromatic N) is 1. The van der Waals surface area contributed by atoms with E-state index in [1.807, 2.05) is 32.1 Å². The monoisotopic (exact) mass is 277 g/mol. The summed E-state index contributed by atoms with van der Waals surface area (Å²) < 4.78 is 1.11. The molecule has 68 valence electrons. The van der Waals surface area contributed by atoms with Crippen LogP contribution >= 0.6 is 22.6 Å². The van der Waals surface area contributed by atoms with Gasteiger partial charge in [-0.15, -0.1) is 0 Å². The van der Waals surface area contributed by atoms with Crippen molar-refractivity contribution in [2.75, 3.05) is 21.1 Å². The Bertz CT molecular complexity index is 182. The topological polar surface area (TPSA) is 3.24 Å². The quantitative estimate of drug-likeness (QED) is 0.563. The van der Waals surface area contributed by atoms with Crippen LogP contribution in [0.25, 0.3) is 0 Å². The van der Waals surface area contributed by atoms with E-state index in [1.165, 1.54) is 5.56 Å². The maximum atomic E-state index is 2.35. The summed E-state index contributed by atoms with van der Waals surface area (Å²) in [5.41, 5.74) is 1.40. The van der Waals surface area contributed by atoms with Crippen molar-refractivity contribution in [3.8, 4) is 0 Å². The molecule has 0 amide bonds. The summed E-state index contributed by atoms with van der Waals surface area (Å²) in [6.45, 7) is 0. The van der Waals surface area contributed by atoms with Gasteiger partial charge in [-0.1, -0.05) is 52.9 Å². The van der Waals surface area contributed by atoms with Crippen molar-refractivity contribution in [2.24, 2.45) is 0 Å². The van der Waals surface area contributed by atoms with Crippen LogP contribution in [0.5, 0.6) is 0 Å². The van der Waals surface area contributed by atoms with Crippen molar-refractivity contribution in [1.29, 1.82) is 0 Å². The highest BCUT2D eigenvalue weighted by Crippen LogP contribution is 2.02. The van der Waals surface area contributed by atoms with Gasteiger partial charge in [0.15, 0.2) is 0 Å². The first-order valence-corrected chi connectivity index (χ1v) is 5.40. The minimum absolute atomic E-state index is 1.11. The lowest BCUT2D eigenvalue weighted by Crippen LogP contribution is -1.99. The Kier molecular flexibility index (Phi) is 7.50. The van der Waals surface area contributed by atoms with Gasteiger partial charge in [0.1, 0.15) is 0 Å². The third-order valence-corrected chi connectivity index (χ3v) is 1.88. The Balaban J connectivity index is 0.000000261. The van der Waals surface area contributed by atoms with Crippen molar-refractivity contribution >= 4 is 22.6 Å². The smallest absolute Gasteiger partial charge is 0.0247 e. The zero-order valence-electron chi connectivity index (χ0n) is 7.92. The molecule has 2 heteroatoms. The molecule has 0 saturated heterocycles. The van der Waals surface area contributed by atoms with Gasteiger partial charge in [-0.2, -0.15) is 0 Å². The van der Waals surface area contributed by atoms with E-state index in [9.17, 15) is 0 Å². The summed E-state index contributed by atoms with van der Waals surface area (Å²) >= 11 is 2.35. The van der Waals surface area contributed by atoms with Gasteiger partial charge in [-0.25, -0.2) is 0 Å². The van der Waals surface area contributed by atoms with Crippen molar-refractivity contribution < 1.29 is 0 Å². The average Bonchev–Trinajstić information content (AvgIpc) is 2.05. The molecule has 0 aliphatic rings. The average molecular weight is 277 g/mol. The lowest BCUT2D eigenvalue weighted by molar-refractivity contribution is 0.505. The molecule has 0 aromatic heterocycles. The highest BCUT2D eigenvalue weighted by Gasteiger charge is 1.81. The molecule has 0 radical (unpaired) electrons. The van der Waals surface area contributed by atoms with Crippen molar-refractivity contribution in [3.63, 3.8) is 0 Å². The van der Waals surface area contributed by atoms with E-state index in [2.05, 4.69) is 46.9 Å². The highest BCUT2D eigenvalue weighted by molar-refractivity contribution is 14.1. The SMILES string of the molecule is CN(C)C.ICc1ccccc1. The van der Waals surface area contributed by atoms with Gasteiger partial charge < -0.3 is 4.90 Å². The summed E-state index contributed by atoms with van der Waals surface area (Å²) in [6.07, 6.45) is 0. The minimum Gasteiger partial charge on any atom is -0.312 e. The largest absolute Gasteiger partial charge is 0.312 e. The number of rotatable bonds is 1. The van der Waals surface area contributed by atoms with E-state index in [4.69, 9.17) is 0 Å². The van der Waals surface area contributed by atoms with Crippen molar-refractivity contribution in [1.82, 2.24) is 4.90 Å². The maximum Gasteiger partial charge on any atom is 0.0247 e. The van der Waals surface area contributed by atoms with Gasteiger partial charge in [0.05, 0.1) is 0 Å². The van der Waals surface area contributed by atoms with Gasteiger partial charge in [-0.3, -0.25) is 0 Å². The summed E-state index contributed by atoms with van der Waals surface area (Å²) in [7, 11) is 6.00. The molecule has 0 unspecified atom stereocenters. The van der Waals surface area contributed by atoms with E-state index in [-0.39, 0.29) is 0 Å². The Morgan fingerprint density at radius 2 is 1.50 bits per heavy atom. The van der Waals surface area contributed by atoms with Crippen LogP contribution in [-0.4, -0.2) is 26.0 Å². The predicted molar refractivity (Wildman–Crippen MR) is 63.8 cm³/mol. The van der Waals surface area contributed by atoms with Crippen LogP contribution in [0.4, 0.5) is 0 Å². The highest BCUT2D eigenvalue weighted by atomic mass is 127. The number of hydrogen-bond acceptors (Lipinski definition) is 1. The molecule has 1 aromatic rings. The fourth-order valence-electron chi connectivity index (χ4n) is 0.567. The van der Waals surface area contributed by atoms with Crippen LogP contribution in [-0.2, 0) is 4.43 Å². The van der Waals surface area contributed by atoms with E-state index < -0.39 is 0 Å². The molecule has 1 rings (SSSR count). The first-order valence-electron chi connectivity index (χ1n) is 3.87. The number of halogens is 1. The molecular formula is C10H16IN. The minimum atomic E-state index is 1.11. The fraction of sp³-hybridized carbons (Fsp3) is 0.400. The third-order valence-electron chi connectivity index (χ3n) is 0.997. The van der Waals surface area contributed by atoms with Gasteiger partial charge in [0, 0.05) is 4.43 Å². The van der Waals surface area contributed by atoms with E-state index in [0.717, 1.165) is 4.43 Å². The molecule has 1 nitrogen and oxygen atoms in total. The zero-order chi connectivity index (χ0) is 9.40. The zero-order valence-corrected chi connectivity index (χ0v) is 10.1. The first kappa shape index (κ1) is 11.9. The van der Waals surface area contributed by atoms with Gasteiger partial charge in [0.2, 0.25) is 0 Å². The maximum absolute atomic E-state index is 2.35. The molecule has 0 heterocycles. The number of hydrogen-bond donors (Lipinski definition) is 0. The van der Waals surface area contributed by atoms with Crippen LogP contribution in [0.2, 0.25) is 0 Å². The van der Waals surface area contributed by atoms with Crippen LogP contribution < -0.4 is 0 Å². The van der Waals surface area contributed by atoms with E-state index in [1.54, 1.807) is 0 Å². The molecule has 0 N–H and O–H groups in total. The van der Waals surface area contributed by atoms with Crippen LogP contribution in [0, 0.1) is 0 Å². The molecule has 0 aliphatic carbocycles. The molecular weight excluding hydrogens is 261 g/mol. The summed E-state index contributed by atoms with van der Waals surface area (Å²) in [5.74, 6) is 0. The Labute approximate surface area is 88.9 Å². The van der Waals surface area contributed by atoms with Gasteiger partial charge in [-0.05, 0) is 26.7 Å². The summed E-state index contributed by atoms with van der Waals surface area (Å²) in [6, 6.07) is 10.4. The molecule has 0 atom stereocenters. The molecule has 0 bridgehead atoms. The Morgan fingerprint density at radius 3 is 1.75 bits per heavy atom. The second-order valence-corrected chi connectivity index (χ2v) is 3.72. The standard InChI is InChI=1S/C7H7I.C3H9N/c8-6-7-4-2-1-3-5-7;1-4(2)3/h1-5H,6H2;1-3H3. The lowest BCUT2D eigenvalue weighted by Gasteiger charge is -1.90. The molecule has 0 aliphatic heterocycles. The molecule has 1 aromatic carbocycles. The Hall–Kier alpha value is -0.0900. The third kappa shape index (κ3) is 8.01. The Morgan fingerprint density at radius 1 is 1.08 bits per heavy atom. The van der Waals surface area contributed by atoms with Crippen molar-refractivity contribution in [2.45, 2.75) is 4.43 Å². The second kappa shape index (κ2) is 7.55. The first-order chi connectivity index (χ1) is 5.66. The summed E-state index contributed by atoms with van der Waals surface area (Å²) in [5, 5.41) is 0. The summed E-state index contributed by atoms with van der Waals surface area (Å²) in [4.78, 5) is 2.00. The van der Waals surface area contributed by atoms with Gasteiger partial charge in [0.25, 0.3) is 0 Å². The number of alkyl halides is 1. The van der Waals surface area contributed by atoms with E-state index in [0.29, 0.717) is 0 Å². The van der Waals surface area contributed by atoms with Crippen molar-refractivity contribution in [3.05, 3.63) is 35.9 Å². The van der Waals surface area contributed by atoms with Gasteiger partial charge >= 0.3 is 0 Å². The normalized spacial score (nSPS) is 9.08. The van der Waals surface area contributed by atoms with Crippen LogP contribution in [0.1, 0.15) is 5.56 Å². The van der Waals surface area contributed by atoms with E-state index >= 15 is 0 Å². The molecule has 0 spiro atoms.